The van der Waals surface area contributed by atoms with E-state index in [0.29, 0.717) is 16.5 Å². The summed E-state index contributed by atoms with van der Waals surface area (Å²) in [5.41, 5.74) is 4.18. The molecule has 0 radical (unpaired) electrons. The van der Waals surface area contributed by atoms with E-state index in [1.165, 1.54) is 17.5 Å². The topological polar surface area (TPSA) is 37.6 Å². The van der Waals surface area contributed by atoms with Crippen molar-refractivity contribution in [1.82, 2.24) is 9.47 Å². The van der Waals surface area contributed by atoms with Gasteiger partial charge in [0, 0.05) is 30.0 Å². The van der Waals surface area contributed by atoms with Crippen molar-refractivity contribution >= 4 is 46.2 Å². The van der Waals surface area contributed by atoms with Crippen molar-refractivity contribution in [3.8, 4) is 0 Å². The Hall–Kier alpha value is -1.98. The van der Waals surface area contributed by atoms with E-state index in [9.17, 15) is 4.79 Å². The fourth-order valence-electron chi connectivity index (χ4n) is 2.81. The molecule has 4 nitrogen and oxygen atoms in total. The summed E-state index contributed by atoms with van der Waals surface area (Å²) in [5, 5.41) is 1.39. The lowest BCUT2D eigenvalue weighted by Gasteiger charge is -2.13. The van der Waals surface area contributed by atoms with Crippen molar-refractivity contribution in [3.63, 3.8) is 0 Å². The van der Waals surface area contributed by atoms with Crippen LogP contribution in [0.15, 0.2) is 40.2 Å². The molecule has 0 N–H and O–H groups in total. The van der Waals surface area contributed by atoms with Crippen LogP contribution >= 0.6 is 23.4 Å². The minimum absolute atomic E-state index is 0.0190. The summed E-state index contributed by atoms with van der Waals surface area (Å²) in [7, 11) is 2.03. The number of amidine groups is 1. The zero-order chi connectivity index (χ0) is 18.8. The van der Waals surface area contributed by atoms with Crippen LogP contribution in [0.25, 0.3) is 6.08 Å². The number of thioether (sulfide) groups is 1. The first kappa shape index (κ1) is 18.8. The Bertz CT molecular complexity index is 897. The molecule has 0 spiro atoms. The van der Waals surface area contributed by atoms with E-state index in [-0.39, 0.29) is 5.91 Å². The molecular formula is C20H22ClN3OS. The molecule has 0 aliphatic carbocycles. The summed E-state index contributed by atoms with van der Waals surface area (Å²) in [4.78, 5) is 20.0. The summed E-state index contributed by atoms with van der Waals surface area (Å²) in [6.45, 7) is 6.85. The fourth-order valence-corrected chi connectivity index (χ4v) is 3.95. The van der Waals surface area contributed by atoms with Crippen molar-refractivity contribution in [2.45, 2.75) is 27.2 Å². The second-order valence-corrected chi connectivity index (χ2v) is 7.77. The molecule has 0 unspecified atom stereocenters. The van der Waals surface area contributed by atoms with Gasteiger partial charge in [-0.2, -0.15) is 0 Å². The Morgan fingerprint density at radius 1 is 1.23 bits per heavy atom. The molecule has 1 aliphatic rings. The first-order valence-corrected chi connectivity index (χ1v) is 9.78. The number of hydrogen-bond acceptors (Lipinski definition) is 3. The molecule has 1 fully saturated rings. The summed E-state index contributed by atoms with van der Waals surface area (Å²) < 4.78 is 2.13. The maximum atomic E-state index is 12.9. The van der Waals surface area contributed by atoms with E-state index < -0.39 is 0 Å². The standard InChI is InChI=1S/C20H22ClN3OS/c1-5-10-24-19(25)18(12-15-11-13(2)23(4)14(15)3)26-20(24)22-17-8-6-16(21)7-9-17/h6-9,11-12H,5,10H2,1-4H3/b18-12-,22-20?. The maximum absolute atomic E-state index is 12.9. The van der Waals surface area contributed by atoms with Gasteiger partial charge in [-0.05, 0) is 74.0 Å². The Morgan fingerprint density at radius 3 is 2.50 bits per heavy atom. The Labute approximate surface area is 163 Å². The first-order valence-electron chi connectivity index (χ1n) is 8.59. The second kappa shape index (κ2) is 7.72. The molecule has 0 atom stereocenters. The van der Waals surface area contributed by atoms with E-state index in [0.717, 1.165) is 28.5 Å². The van der Waals surface area contributed by atoms with E-state index >= 15 is 0 Å². The van der Waals surface area contributed by atoms with Gasteiger partial charge in [0.05, 0.1) is 10.6 Å². The average molecular weight is 388 g/mol. The molecule has 0 saturated carbocycles. The van der Waals surface area contributed by atoms with Crippen molar-refractivity contribution in [2.24, 2.45) is 12.0 Å². The first-order chi connectivity index (χ1) is 12.4. The van der Waals surface area contributed by atoms with Crippen LogP contribution in [0.1, 0.15) is 30.3 Å². The molecule has 2 aromatic rings. The van der Waals surface area contributed by atoms with Crippen LogP contribution in [0.4, 0.5) is 5.69 Å². The van der Waals surface area contributed by atoms with Crippen LogP contribution in [0.5, 0.6) is 0 Å². The molecule has 6 heteroatoms. The van der Waals surface area contributed by atoms with Crippen LogP contribution in [0, 0.1) is 13.8 Å². The van der Waals surface area contributed by atoms with Gasteiger partial charge in [0.1, 0.15) is 0 Å². The van der Waals surface area contributed by atoms with Gasteiger partial charge in [0.2, 0.25) is 0 Å². The van der Waals surface area contributed by atoms with Gasteiger partial charge < -0.3 is 4.57 Å². The third kappa shape index (κ3) is 3.74. The molecule has 2 heterocycles. The van der Waals surface area contributed by atoms with Crippen molar-refractivity contribution in [3.05, 3.63) is 57.2 Å². The Balaban J connectivity index is 1.96. The summed E-state index contributed by atoms with van der Waals surface area (Å²) in [6, 6.07) is 9.43. The van der Waals surface area contributed by atoms with Gasteiger partial charge in [0.15, 0.2) is 5.17 Å². The number of carbonyl (C=O) groups is 1. The van der Waals surface area contributed by atoms with Crippen LogP contribution in [0.3, 0.4) is 0 Å². The lowest BCUT2D eigenvalue weighted by molar-refractivity contribution is -0.122. The van der Waals surface area contributed by atoms with E-state index in [4.69, 9.17) is 11.6 Å². The molecular weight excluding hydrogens is 366 g/mol. The fraction of sp³-hybridized carbons (Fsp3) is 0.300. The number of halogens is 1. The number of benzene rings is 1. The van der Waals surface area contributed by atoms with E-state index in [1.54, 1.807) is 17.0 Å². The Kier molecular flexibility index (Phi) is 5.58. The number of aryl methyl sites for hydroxylation is 1. The highest BCUT2D eigenvalue weighted by Crippen LogP contribution is 2.35. The molecule has 136 valence electrons. The zero-order valence-electron chi connectivity index (χ0n) is 15.4. The number of aromatic nitrogens is 1. The minimum Gasteiger partial charge on any atom is -0.352 e. The zero-order valence-corrected chi connectivity index (χ0v) is 17.0. The quantitative estimate of drug-likeness (QED) is 0.666. The number of nitrogens with zero attached hydrogens (tertiary/aromatic N) is 3. The molecule has 1 amide bonds. The third-order valence-electron chi connectivity index (χ3n) is 4.49. The molecule has 0 bridgehead atoms. The Morgan fingerprint density at radius 2 is 1.92 bits per heavy atom. The molecule has 1 aromatic carbocycles. The normalized spacial score (nSPS) is 17.7. The summed E-state index contributed by atoms with van der Waals surface area (Å²) in [6.07, 6.45) is 2.85. The predicted molar refractivity (Wildman–Crippen MR) is 111 cm³/mol. The van der Waals surface area contributed by atoms with Gasteiger partial charge in [-0.25, -0.2) is 4.99 Å². The second-order valence-electron chi connectivity index (χ2n) is 6.32. The number of aliphatic imine (C=N–C) groups is 1. The van der Waals surface area contributed by atoms with Crippen LogP contribution < -0.4 is 0 Å². The number of rotatable bonds is 4. The molecule has 26 heavy (non-hydrogen) atoms. The molecule has 1 saturated heterocycles. The number of amides is 1. The van der Waals surface area contributed by atoms with Gasteiger partial charge in [-0.15, -0.1) is 0 Å². The van der Waals surface area contributed by atoms with Crippen LogP contribution in [0.2, 0.25) is 5.02 Å². The molecule has 1 aliphatic heterocycles. The smallest absolute Gasteiger partial charge is 0.266 e. The highest BCUT2D eigenvalue weighted by molar-refractivity contribution is 8.18. The summed E-state index contributed by atoms with van der Waals surface area (Å²) in [5.74, 6) is 0.0190. The highest BCUT2D eigenvalue weighted by atomic mass is 35.5. The van der Waals surface area contributed by atoms with Crippen molar-refractivity contribution in [1.29, 1.82) is 0 Å². The summed E-state index contributed by atoms with van der Waals surface area (Å²) >= 11 is 7.37. The average Bonchev–Trinajstić information content (AvgIpc) is 3.03. The highest BCUT2D eigenvalue weighted by Gasteiger charge is 2.33. The number of carbonyl (C=O) groups excluding carboxylic acids is 1. The predicted octanol–water partition coefficient (Wildman–Crippen LogP) is 5.31. The van der Waals surface area contributed by atoms with Gasteiger partial charge in [-0.1, -0.05) is 18.5 Å². The van der Waals surface area contributed by atoms with Crippen molar-refractivity contribution in [2.75, 3.05) is 6.54 Å². The SMILES string of the molecule is CCCN1C(=O)/C(=C/c2cc(C)n(C)c2C)SC1=Nc1ccc(Cl)cc1. The van der Waals surface area contributed by atoms with Crippen LogP contribution in [-0.2, 0) is 11.8 Å². The van der Waals surface area contributed by atoms with Gasteiger partial charge in [-0.3, -0.25) is 9.69 Å². The number of hydrogen-bond donors (Lipinski definition) is 0. The lowest BCUT2D eigenvalue weighted by atomic mass is 10.2. The van der Waals surface area contributed by atoms with Crippen LogP contribution in [-0.4, -0.2) is 27.1 Å². The monoisotopic (exact) mass is 387 g/mol. The largest absolute Gasteiger partial charge is 0.352 e. The molecule has 1 aromatic heterocycles. The van der Waals surface area contributed by atoms with Gasteiger partial charge in [0.25, 0.3) is 5.91 Å². The lowest BCUT2D eigenvalue weighted by Crippen LogP contribution is -2.29. The minimum atomic E-state index is 0.0190. The molecule has 3 rings (SSSR count). The third-order valence-corrected chi connectivity index (χ3v) is 5.75. The van der Waals surface area contributed by atoms with E-state index in [1.807, 2.05) is 25.3 Å². The maximum Gasteiger partial charge on any atom is 0.266 e. The van der Waals surface area contributed by atoms with Crippen molar-refractivity contribution < 1.29 is 4.79 Å². The van der Waals surface area contributed by atoms with E-state index in [2.05, 4.69) is 36.4 Å². The van der Waals surface area contributed by atoms with Gasteiger partial charge >= 0.3 is 0 Å².